The van der Waals surface area contributed by atoms with E-state index < -0.39 is 0 Å². The highest BCUT2D eigenvalue weighted by molar-refractivity contribution is 5.11. The first-order valence-electron chi connectivity index (χ1n) is 12.3. The maximum atomic E-state index is 6.35. The highest BCUT2D eigenvalue weighted by Gasteiger charge is 2.43. The third-order valence-electron chi connectivity index (χ3n) is 7.93. The average Bonchev–Trinajstić information content (AvgIpc) is 3.02. The van der Waals surface area contributed by atoms with Crippen LogP contribution in [-0.4, -0.2) is 55.1 Å². The molecule has 0 radical (unpaired) electrons. The zero-order valence-corrected chi connectivity index (χ0v) is 20.7. The summed E-state index contributed by atoms with van der Waals surface area (Å²) < 4.78 is 0. The van der Waals surface area contributed by atoms with Gasteiger partial charge in [0.05, 0.1) is 25.0 Å². The Labute approximate surface area is 191 Å². The largest absolute Gasteiger partial charge is 0.314 e. The molecule has 0 aromatic carbocycles. The third-order valence-corrected chi connectivity index (χ3v) is 7.93. The SMILES string of the molecule is C=C1CCCC(C)(C)[C@H]1CCC(C)=CCCC(C)=CCN1CN(C)C2NCNC(N)C21. The average molecular weight is 430 g/mol. The smallest absolute Gasteiger partial charge is 0.0804 e. The Balaban J connectivity index is 1.42. The van der Waals surface area contributed by atoms with Crippen LogP contribution in [0.1, 0.15) is 72.6 Å². The van der Waals surface area contributed by atoms with E-state index in [4.69, 9.17) is 5.73 Å². The number of nitrogens with one attached hydrogen (secondary N) is 2. The Bertz CT molecular complexity index is 679. The highest BCUT2D eigenvalue weighted by Crippen LogP contribution is 2.45. The molecular formula is C26H47N5. The van der Waals surface area contributed by atoms with Crippen LogP contribution in [0, 0.1) is 11.3 Å². The molecule has 3 fully saturated rings. The van der Waals surface area contributed by atoms with Gasteiger partial charge in [-0.1, -0.05) is 49.3 Å². The van der Waals surface area contributed by atoms with Gasteiger partial charge in [0, 0.05) is 13.2 Å². The molecule has 4 N–H and O–H groups in total. The minimum Gasteiger partial charge on any atom is -0.314 e. The van der Waals surface area contributed by atoms with Gasteiger partial charge in [0.1, 0.15) is 0 Å². The summed E-state index contributed by atoms with van der Waals surface area (Å²) in [6, 6.07) is 0.323. The molecule has 4 atom stereocenters. The number of rotatable bonds is 8. The number of fused-ring (bicyclic) bond motifs is 1. The lowest BCUT2D eigenvalue weighted by Gasteiger charge is -2.40. The number of hydrogen-bond acceptors (Lipinski definition) is 5. The molecule has 0 aromatic heterocycles. The molecular weight excluding hydrogens is 382 g/mol. The summed E-state index contributed by atoms with van der Waals surface area (Å²) in [4.78, 5) is 4.85. The van der Waals surface area contributed by atoms with Crippen molar-refractivity contribution >= 4 is 0 Å². The van der Waals surface area contributed by atoms with E-state index in [1.54, 1.807) is 0 Å². The van der Waals surface area contributed by atoms with Crippen molar-refractivity contribution in [2.24, 2.45) is 17.1 Å². The predicted molar refractivity (Wildman–Crippen MR) is 132 cm³/mol. The first kappa shape index (κ1) is 24.7. The number of likely N-dealkylation sites (N-methyl/N-ethyl adjacent to an activating group) is 1. The molecule has 3 aliphatic rings. The fourth-order valence-electron chi connectivity index (χ4n) is 5.87. The zero-order chi connectivity index (χ0) is 22.6. The highest BCUT2D eigenvalue weighted by atomic mass is 15.5. The van der Waals surface area contributed by atoms with Crippen LogP contribution in [0.15, 0.2) is 35.5 Å². The van der Waals surface area contributed by atoms with Crippen LogP contribution in [0.25, 0.3) is 0 Å². The summed E-state index contributed by atoms with van der Waals surface area (Å²) in [6.07, 6.45) is 13.9. The van der Waals surface area contributed by atoms with Crippen molar-refractivity contribution in [2.45, 2.75) is 91.0 Å². The van der Waals surface area contributed by atoms with Crippen molar-refractivity contribution in [2.75, 3.05) is 26.9 Å². The van der Waals surface area contributed by atoms with E-state index in [-0.39, 0.29) is 6.17 Å². The maximum absolute atomic E-state index is 6.35. The molecule has 176 valence electrons. The van der Waals surface area contributed by atoms with Crippen molar-refractivity contribution in [1.29, 1.82) is 0 Å². The summed E-state index contributed by atoms with van der Waals surface area (Å²) >= 11 is 0. The first-order valence-corrected chi connectivity index (χ1v) is 12.3. The van der Waals surface area contributed by atoms with Gasteiger partial charge in [0.25, 0.3) is 0 Å². The molecule has 2 heterocycles. The lowest BCUT2D eigenvalue weighted by Crippen LogP contribution is -2.67. The van der Waals surface area contributed by atoms with Gasteiger partial charge in [-0.15, -0.1) is 0 Å². The molecule has 1 saturated carbocycles. The summed E-state index contributed by atoms with van der Waals surface area (Å²) in [6.45, 7) is 16.6. The quantitative estimate of drug-likeness (QED) is 0.506. The van der Waals surface area contributed by atoms with Crippen LogP contribution >= 0.6 is 0 Å². The van der Waals surface area contributed by atoms with Gasteiger partial charge < -0.3 is 5.73 Å². The minimum absolute atomic E-state index is 0.0284. The molecule has 3 rings (SSSR count). The Morgan fingerprint density at radius 2 is 1.94 bits per heavy atom. The number of nitrogens with zero attached hydrogens (tertiary/aromatic N) is 2. The topological polar surface area (TPSA) is 56.6 Å². The van der Waals surface area contributed by atoms with Gasteiger partial charge in [-0.2, -0.15) is 0 Å². The third kappa shape index (κ3) is 6.29. The normalized spacial score (nSPS) is 33.0. The lowest BCUT2D eigenvalue weighted by molar-refractivity contribution is 0.158. The molecule has 0 spiro atoms. The first-order chi connectivity index (χ1) is 14.7. The fraction of sp³-hybridized carbons (Fsp3) is 0.769. The lowest BCUT2D eigenvalue weighted by atomic mass is 9.65. The standard InChI is InChI=1S/C26H47N5/c1-19(12-13-22-21(3)11-8-15-26(22,4)5)9-7-10-20(2)14-16-31-18-30(6)25-23(31)24(27)28-17-29-25/h9,14,22-25,28-29H,3,7-8,10-13,15-18,27H2,1-2,4-6H3/t22-,23?,24?,25?/m0/s1. The van der Waals surface area contributed by atoms with E-state index in [9.17, 15) is 0 Å². The Kier molecular flexibility index (Phi) is 8.56. The second-order valence-electron chi connectivity index (χ2n) is 10.9. The summed E-state index contributed by atoms with van der Waals surface area (Å²) in [5, 5.41) is 6.87. The summed E-state index contributed by atoms with van der Waals surface area (Å²) in [5.41, 5.74) is 11.3. The van der Waals surface area contributed by atoms with Crippen molar-refractivity contribution < 1.29 is 0 Å². The molecule has 3 unspecified atom stereocenters. The van der Waals surface area contributed by atoms with E-state index >= 15 is 0 Å². The molecule has 2 saturated heterocycles. The summed E-state index contributed by atoms with van der Waals surface area (Å²) in [7, 11) is 2.18. The van der Waals surface area contributed by atoms with E-state index in [1.807, 2.05) is 0 Å². The Hall–Kier alpha value is -0.980. The molecule has 31 heavy (non-hydrogen) atoms. The van der Waals surface area contributed by atoms with Crippen molar-refractivity contribution in [3.63, 3.8) is 0 Å². The molecule has 0 amide bonds. The van der Waals surface area contributed by atoms with Crippen molar-refractivity contribution in [3.05, 3.63) is 35.5 Å². The molecule has 0 aromatic rings. The van der Waals surface area contributed by atoms with Gasteiger partial charge in [-0.05, 0) is 77.2 Å². The van der Waals surface area contributed by atoms with Crippen molar-refractivity contribution in [3.8, 4) is 0 Å². The van der Waals surface area contributed by atoms with Gasteiger partial charge in [0.2, 0.25) is 0 Å². The fourth-order valence-corrected chi connectivity index (χ4v) is 5.87. The molecule has 5 nitrogen and oxygen atoms in total. The number of allylic oxidation sites excluding steroid dienone is 4. The van der Waals surface area contributed by atoms with Crippen LogP contribution in [0.2, 0.25) is 0 Å². The molecule has 2 aliphatic heterocycles. The monoisotopic (exact) mass is 429 g/mol. The second-order valence-corrected chi connectivity index (χ2v) is 10.9. The maximum Gasteiger partial charge on any atom is 0.0804 e. The second kappa shape index (κ2) is 10.8. The van der Waals surface area contributed by atoms with Crippen LogP contribution < -0.4 is 16.4 Å². The minimum atomic E-state index is 0.0284. The van der Waals surface area contributed by atoms with Gasteiger partial charge in [-0.3, -0.25) is 20.4 Å². The summed E-state index contributed by atoms with van der Waals surface area (Å²) in [5.74, 6) is 0.684. The van der Waals surface area contributed by atoms with E-state index in [2.05, 4.69) is 73.9 Å². The van der Waals surface area contributed by atoms with E-state index in [1.165, 1.54) is 48.8 Å². The van der Waals surface area contributed by atoms with Crippen molar-refractivity contribution in [1.82, 2.24) is 20.4 Å². The van der Waals surface area contributed by atoms with Crippen LogP contribution in [0.4, 0.5) is 0 Å². The van der Waals surface area contributed by atoms with Crippen LogP contribution in [0.3, 0.4) is 0 Å². The number of hydrogen-bond donors (Lipinski definition) is 3. The van der Waals surface area contributed by atoms with Crippen LogP contribution in [0.5, 0.6) is 0 Å². The van der Waals surface area contributed by atoms with E-state index in [0.717, 1.165) is 32.7 Å². The van der Waals surface area contributed by atoms with Gasteiger partial charge in [-0.25, -0.2) is 0 Å². The van der Waals surface area contributed by atoms with E-state index in [0.29, 0.717) is 23.5 Å². The predicted octanol–water partition coefficient (Wildman–Crippen LogP) is 4.16. The molecule has 0 bridgehead atoms. The molecule has 1 aliphatic carbocycles. The number of nitrogens with two attached hydrogens (primary N) is 1. The van der Waals surface area contributed by atoms with Gasteiger partial charge >= 0.3 is 0 Å². The Morgan fingerprint density at radius 1 is 1.19 bits per heavy atom. The van der Waals surface area contributed by atoms with Crippen LogP contribution in [-0.2, 0) is 0 Å². The molecule has 5 heteroatoms. The zero-order valence-electron chi connectivity index (χ0n) is 20.7. The van der Waals surface area contributed by atoms with Gasteiger partial charge in [0.15, 0.2) is 0 Å². The Morgan fingerprint density at radius 3 is 2.68 bits per heavy atom.